The summed E-state index contributed by atoms with van der Waals surface area (Å²) in [5, 5.41) is 10.4. The Morgan fingerprint density at radius 1 is 1.23 bits per heavy atom. The van der Waals surface area contributed by atoms with Gasteiger partial charge in [0.1, 0.15) is 0 Å². The fourth-order valence-corrected chi connectivity index (χ4v) is 4.66. The van der Waals surface area contributed by atoms with Crippen LogP contribution in [0.15, 0.2) is 22.9 Å². The molecule has 2 atom stereocenters. The second-order valence-corrected chi connectivity index (χ2v) is 8.04. The van der Waals surface area contributed by atoms with Gasteiger partial charge in [0.15, 0.2) is 5.13 Å². The second-order valence-electron chi connectivity index (χ2n) is 6.23. The highest BCUT2D eigenvalue weighted by Gasteiger charge is 2.37. The summed E-state index contributed by atoms with van der Waals surface area (Å²) in [5.74, 6) is 1.18. The van der Waals surface area contributed by atoms with E-state index in [-0.39, 0.29) is 36.6 Å². The number of likely N-dealkylation sites (tertiary alicyclic amines) is 1. The van der Waals surface area contributed by atoms with Crippen molar-refractivity contribution in [3.05, 3.63) is 33.5 Å². The summed E-state index contributed by atoms with van der Waals surface area (Å²) in [7, 11) is 0. The molecule has 0 radical (unpaired) electrons. The van der Waals surface area contributed by atoms with Crippen molar-refractivity contribution < 1.29 is 9.59 Å². The third-order valence-electron chi connectivity index (χ3n) is 4.59. The van der Waals surface area contributed by atoms with Crippen LogP contribution in [0.25, 0.3) is 0 Å². The van der Waals surface area contributed by atoms with Crippen molar-refractivity contribution in [1.82, 2.24) is 15.2 Å². The Kier molecular flexibility index (Phi) is 7.42. The summed E-state index contributed by atoms with van der Waals surface area (Å²) in [6, 6.07) is 3.61. The fraction of sp³-hybridized carbons (Fsp3) is 0.438. The monoisotopic (exact) mass is 434 g/mol. The molecule has 2 aliphatic heterocycles. The van der Waals surface area contributed by atoms with E-state index in [0.717, 1.165) is 31.9 Å². The second kappa shape index (κ2) is 9.14. The Bertz CT molecular complexity index is 741. The lowest BCUT2D eigenvalue weighted by Gasteiger charge is -2.16. The highest BCUT2D eigenvalue weighted by molar-refractivity contribution is 7.14. The quantitative estimate of drug-likeness (QED) is 0.774. The first-order valence-corrected chi connectivity index (χ1v) is 9.73. The van der Waals surface area contributed by atoms with Crippen molar-refractivity contribution >= 4 is 64.4 Å². The summed E-state index contributed by atoms with van der Waals surface area (Å²) in [6.07, 6.45) is 0.304. The topological polar surface area (TPSA) is 74.3 Å². The Labute approximate surface area is 172 Å². The standard InChI is InChI=1S/C16H18N4O2S2.2ClH/c21-14(20-7-10-5-17-6-11(10)8-20)4-12-9-24-16(18-12)19-15(22)13-2-1-3-23-13;;/h1-3,9-11,17H,4-8H2,(H,18,19,22);2*1H/t10-,11+;;. The molecule has 6 nitrogen and oxygen atoms in total. The van der Waals surface area contributed by atoms with Crippen LogP contribution >= 0.6 is 47.5 Å². The van der Waals surface area contributed by atoms with Crippen molar-refractivity contribution in [2.24, 2.45) is 11.8 Å². The molecule has 4 heterocycles. The molecule has 0 saturated carbocycles. The molecule has 0 unspecified atom stereocenters. The molecule has 4 rings (SSSR count). The van der Waals surface area contributed by atoms with Gasteiger partial charge in [-0.15, -0.1) is 47.5 Å². The molecule has 2 aromatic heterocycles. The predicted molar refractivity (Wildman–Crippen MR) is 109 cm³/mol. The van der Waals surface area contributed by atoms with E-state index in [9.17, 15) is 9.59 Å². The first-order chi connectivity index (χ1) is 11.7. The van der Waals surface area contributed by atoms with Gasteiger partial charge in [0.2, 0.25) is 5.91 Å². The number of anilines is 1. The number of aromatic nitrogens is 1. The van der Waals surface area contributed by atoms with Gasteiger partial charge in [0, 0.05) is 31.6 Å². The number of thiazole rings is 1. The minimum Gasteiger partial charge on any atom is -0.342 e. The van der Waals surface area contributed by atoms with Crippen LogP contribution in [0.4, 0.5) is 5.13 Å². The molecular weight excluding hydrogens is 415 g/mol. The molecule has 2 N–H and O–H groups in total. The van der Waals surface area contributed by atoms with Crippen molar-refractivity contribution in [3.8, 4) is 0 Å². The third kappa shape index (κ3) is 4.55. The van der Waals surface area contributed by atoms with E-state index in [2.05, 4.69) is 15.6 Å². The Morgan fingerprint density at radius 3 is 2.62 bits per heavy atom. The number of amides is 2. The van der Waals surface area contributed by atoms with Gasteiger partial charge in [-0.3, -0.25) is 14.9 Å². The number of carbonyl (C=O) groups is 2. The molecule has 2 fully saturated rings. The van der Waals surface area contributed by atoms with E-state index in [0.29, 0.717) is 28.3 Å². The van der Waals surface area contributed by atoms with Crippen LogP contribution in [0, 0.1) is 11.8 Å². The number of hydrogen-bond donors (Lipinski definition) is 2. The number of fused-ring (bicyclic) bond motifs is 1. The predicted octanol–water partition coefficient (Wildman–Crippen LogP) is 2.52. The van der Waals surface area contributed by atoms with E-state index in [1.807, 2.05) is 21.7 Å². The number of nitrogens with zero attached hydrogens (tertiary/aromatic N) is 2. The third-order valence-corrected chi connectivity index (χ3v) is 6.27. The molecule has 0 bridgehead atoms. The normalized spacial score (nSPS) is 20.8. The lowest BCUT2D eigenvalue weighted by atomic mass is 10.0. The van der Waals surface area contributed by atoms with Crippen LogP contribution in [0.3, 0.4) is 0 Å². The molecule has 2 saturated heterocycles. The Morgan fingerprint density at radius 2 is 1.96 bits per heavy atom. The first-order valence-electron chi connectivity index (χ1n) is 7.97. The Balaban J connectivity index is 0.00000121. The van der Waals surface area contributed by atoms with Crippen LogP contribution in [-0.2, 0) is 11.2 Å². The molecule has 2 aromatic rings. The van der Waals surface area contributed by atoms with Gasteiger partial charge >= 0.3 is 0 Å². The lowest BCUT2D eigenvalue weighted by Crippen LogP contribution is -2.33. The summed E-state index contributed by atoms with van der Waals surface area (Å²) in [6.45, 7) is 3.74. The summed E-state index contributed by atoms with van der Waals surface area (Å²) in [4.78, 5) is 31.4. The molecule has 142 valence electrons. The molecule has 0 aliphatic carbocycles. The molecule has 2 aliphatic rings. The van der Waals surface area contributed by atoms with Crippen molar-refractivity contribution in [2.45, 2.75) is 6.42 Å². The molecular formula is C16H20Cl2N4O2S2. The SMILES string of the molecule is Cl.Cl.O=C(Nc1nc(CC(=O)N2C[C@H]3CNC[C@H]3C2)cs1)c1cccs1. The zero-order chi connectivity index (χ0) is 16.5. The van der Waals surface area contributed by atoms with Crippen LogP contribution in [0.2, 0.25) is 0 Å². The van der Waals surface area contributed by atoms with Crippen molar-refractivity contribution in [2.75, 3.05) is 31.5 Å². The van der Waals surface area contributed by atoms with E-state index in [1.165, 1.54) is 22.7 Å². The zero-order valence-electron chi connectivity index (χ0n) is 13.8. The van der Waals surface area contributed by atoms with Gasteiger partial charge in [-0.05, 0) is 23.3 Å². The summed E-state index contributed by atoms with van der Waals surface area (Å²) < 4.78 is 0. The molecule has 26 heavy (non-hydrogen) atoms. The highest BCUT2D eigenvalue weighted by atomic mass is 35.5. The minimum absolute atomic E-state index is 0. The molecule has 0 aromatic carbocycles. The van der Waals surface area contributed by atoms with Gasteiger partial charge < -0.3 is 10.2 Å². The molecule has 0 spiro atoms. The smallest absolute Gasteiger partial charge is 0.267 e. The summed E-state index contributed by atoms with van der Waals surface area (Å²) >= 11 is 2.75. The van der Waals surface area contributed by atoms with Crippen LogP contribution < -0.4 is 10.6 Å². The number of halogens is 2. The van der Waals surface area contributed by atoms with Crippen molar-refractivity contribution in [1.29, 1.82) is 0 Å². The van der Waals surface area contributed by atoms with Crippen LogP contribution in [0.1, 0.15) is 15.4 Å². The average Bonchev–Trinajstić information content (AvgIpc) is 3.31. The van der Waals surface area contributed by atoms with Gasteiger partial charge in [-0.25, -0.2) is 4.98 Å². The highest BCUT2D eigenvalue weighted by Crippen LogP contribution is 2.27. The zero-order valence-corrected chi connectivity index (χ0v) is 17.1. The number of nitrogens with one attached hydrogen (secondary N) is 2. The maximum absolute atomic E-state index is 12.4. The van der Waals surface area contributed by atoms with Crippen LogP contribution in [-0.4, -0.2) is 47.9 Å². The fourth-order valence-electron chi connectivity index (χ4n) is 3.34. The maximum atomic E-state index is 12.4. The van der Waals surface area contributed by atoms with Crippen LogP contribution in [0.5, 0.6) is 0 Å². The molecule has 10 heteroatoms. The lowest BCUT2D eigenvalue weighted by molar-refractivity contribution is -0.129. The number of hydrogen-bond acceptors (Lipinski definition) is 6. The number of thiophene rings is 1. The van der Waals surface area contributed by atoms with E-state index in [1.54, 1.807) is 6.07 Å². The number of rotatable bonds is 4. The van der Waals surface area contributed by atoms with Gasteiger partial charge in [0.25, 0.3) is 5.91 Å². The molecule has 2 amide bonds. The average molecular weight is 435 g/mol. The largest absolute Gasteiger partial charge is 0.342 e. The summed E-state index contributed by atoms with van der Waals surface area (Å²) in [5.41, 5.74) is 0.724. The van der Waals surface area contributed by atoms with Gasteiger partial charge in [-0.2, -0.15) is 0 Å². The maximum Gasteiger partial charge on any atom is 0.267 e. The van der Waals surface area contributed by atoms with E-state index < -0.39 is 0 Å². The number of carbonyl (C=O) groups excluding carboxylic acids is 2. The first kappa shape index (κ1) is 21.1. The Hall–Kier alpha value is -1.19. The van der Waals surface area contributed by atoms with Crippen molar-refractivity contribution in [3.63, 3.8) is 0 Å². The van der Waals surface area contributed by atoms with Gasteiger partial charge in [-0.1, -0.05) is 6.07 Å². The van der Waals surface area contributed by atoms with Gasteiger partial charge in [0.05, 0.1) is 17.0 Å². The van der Waals surface area contributed by atoms with E-state index in [4.69, 9.17) is 0 Å². The minimum atomic E-state index is -0.155. The van der Waals surface area contributed by atoms with E-state index >= 15 is 0 Å².